The van der Waals surface area contributed by atoms with E-state index in [4.69, 9.17) is 0 Å². The van der Waals surface area contributed by atoms with Crippen LogP contribution in [0.15, 0.2) is 22.7 Å². The van der Waals surface area contributed by atoms with Gasteiger partial charge in [-0.3, -0.25) is 0 Å². The third-order valence-electron chi connectivity index (χ3n) is 1.78. The standard InChI is InChI=1S/C11H13Br/c1-3-4-7-10-9(2)6-5-8-11(10)12/h5-8H,2-4H2,1H3/b10-7+. The molecule has 0 radical (unpaired) electrons. The van der Waals surface area contributed by atoms with Crippen molar-refractivity contribution in [2.24, 2.45) is 0 Å². The van der Waals surface area contributed by atoms with Crippen LogP contribution in [0, 0.1) is 0 Å². The van der Waals surface area contributed by atoms with E-state index >= 15 is 0 Å². The average Bonchev–Trinajstić information content (AvgIpc) is 2.04. The van der Waals surface area contributed by atoms with Crippen molar-refractivity contribution in [3.8, 4) is 0 Å². The number of hydrogen-bond donors (Lipinski definition) is 0. The van der Waals surface area contributed by atoms with Crippen molar-refractivity contribution < 1.29 is 0 Å². The van der Waals surface area contributed by atoms with Crippen LogP contribution in [0.25, 0.3) is 12.7 Å². The fraction of sp³-hybridized carbons (Fsp3) is 0.273. The number of halogens is 1. The number of benzene rings is 1. The summed E-state index contributed by atoms with van der Waals surface area (Å²) in [6.45, 7) is 6.15. The molecule has 0 amide bonds. The van der Waals surface area contributed by atoms with Crippen LogP contribution in [-0.4, -0.2) is 0 Å². The Labute approximate surface area is 81.7 Å². The van der Waals surface area contributed by atoms with E-state index in [9.17, 15) is 0 Å². The minimum absolute atomic E-state index is 1.10. The topological polar surface area (TPSA) is 0 Å². The van der Waals surface area contributed by atoms with Gasteiger partial charge in [-0.05, 0) is 22.9 Å². The van der Waals surface area contributed by atoms with Gasteiger partial charge in [0.15, 0.2) is 0 Å². The van der Waals surface area contributed by atoms with Crippen molar-refractivity contribution in [2.75, 3.05) is 0 Å². The Hall–Kier alpha value is -0.560. The summed E-state index contributed by atoms with van der Waals surface area (Å²) in [5, 5.41) is 2.33. The summed E-state index contributed by atoms with van der Waals surface area (Å²) in [6, 6.07) is 6.10. The molecule has 12 heavy (non-hydrogen) atoms. The van der Waals surface area contributed by atoms with Gasteiger partial charge >= 0.3 is 0 Å². The molecule has 1 aromatic rings. The Bertz CT molecular complexity index is 352. The lowest BCUT2D eigenvalue weighted by atomic mass is 10.2. The summed E-state index contributed by atoms with van der Waals surface area (Å²) in [6.07, 6.45) is 4.53. The molecular weight excluding hydrogens is 212 g/mol. The van der Waals surface area contributed by atoms with E-state index in [2.05, 4.69) is 41.6 Å². The van der Waals surface area contributed by atoms with Crippen molar-refractivity contribution in [1.82, 2.24) is 0 Å². The van der Waals surface area contributed by atoms with Crippen LogP contribution in [0.3, 0.4) is 0 Å². The fourth-order valence-corrected chi connectivity index (χ4v) is 1.67. The van der Waals surface area contributed by atoms with Crippen LogP contribution >= 0.6 is 15.9 Å². The molecule has 0 saturated carbocycles. The summed E-state index contributed by atoms with van der Waals surface area (Å²) >= 11 is 3.51. The molecule has 0 fully saturated rings. The maximum Gasteiger partial charge on any atom is 0.0250 e. The molecule has 0 aliphatic carbocycles. The largest absolute Gasteiger partial charge is 0.0911 e. The minimum atomic E-state index is 1.10. The molecule has 64 valence electrons. The second-order valence-electron chi connectivity index (χ2n) is 2.81. The Balaban J connectivity index is 3.22. The first-order valence-electron chi connectivity index (χ1n) is 4.19. The summed E-state index contributed by atoms with van der Waals surface area (Å²) in [7, 11) is 0. The summed E-state index contributed by atoms with van der Waals surface area (Å²) in [5.74, 6) is 0. The highest BCUT2D eigenvalue weighted by Crippen LogP contribution is 1.99. The van der Waals surface area contributed by atoms with E-state index in [1.165, 1.54) is 11.6 Å². The summed E-state index contributed by atoms with van der Waals surface area (Å²) in [5.41, 5.74) is 0. The number of rotatable bonds is 2. The molecule has 0 aliphatic rings. The maximum absolute atomic E-state index is 3.97. The van der Waals surface area contributed by atoms with Crippen molar-refractivity contribution in [3.63, 3.8) is 0 Å². The van der Waals surface area contributed by atoms with E-state index in [0.717, 1.165) is 16.1 Å². The Morgan fingerprint density at radius 3 is 2.83 bits per heavy atom. The molecule has 0 aromatic heterocycles. The molecule has 1 heteroatoms. The van der Waals surface area contributed by atoms with E-state index in [1.807, 2.05) is 12.1 Å². The van der Waals surface area contributed by atoms with Crippen molar-refractivity contribution in [1.29, 1.82) is 0 Å². The van der Waals surface area contributed by atoms with Gasteiger partial charge in [-0.2, -0.15) is 0 Å². The smallest absolute Gasteiger partial charge is 0.0250 e. The first-order chi connectivity index (χ1) is 5.75. The molecule has 1 aromatic carbocycles. The molecule has 0 saturated heterocycles. The van der Waals surface area contributed by atoms with Crippen LogP contribution < -0.4 is 10.4 Å². The number of unbranched alkanes of at least 4 members (excludes halogenated alkanes) is 1. The van der Waals surface area contributed by atoms with E-state index in [0.29, 0.717) is 0 Å². The molecule has 0 unspecified atom stereocenters. The van der Waals surface area contributed by atoms with Crippen molar-refractivity contribution in [3.05, 3.63) is 33.1 Å². The third kappa shape index (κ3) is 2.21. The molecule has 1 rings (SSSR count). The fourth-order valence-electron chi connectivity index (χ4n) is 1.10. The van der Waals surface area contributed by atoms with Crippen molar-refractivity contribution >= 4 is 28.6 Å². The maximum atomic E-state index is 3.97. The highest BCUT2D eigenvalue weighted by molar-refractivity contribution is 9.10. The van der Waals surface area contributed by atoms with Gasteiger partial charge in [0.05, 0.1) is 0 Å². The molecule has 0 nitrogen and oxygen atoms in total. The third-order valence-corrected chi connectivity index (χ3v) is 2.47. The summed E-state index contributed by atoms with van der Waals surface area (Å²) < 4.78 is 1.14. The van der Waals surface area contributed by atoms with Gasteiger partial charge in [0.25, 0.3) is 0 Å². The van der Waals surface area contributed by atoms with Crippen LogP contribution in [0.4, 0.5) is 0 Å². The van der Waals surface area contributed by atoms with Gasteiger partial charge in [0.1, 0.15) is 0 Å². The lowest BCUT2D eigenvalue weighted by Crippen LogP contribution is -2.23. The van der Waals surface area contributed by atoms with Gasteiger partial charge < -0.3 is 0 Å². The molecule has 0 heterocycles. The van der Waals surface area contributed by atoms with Gasteiger partial charge in [-0.1, -0.05) is 54.1 Å². The van der Waals surface area contributed by atoms with Crippen LogP contribution in [0.5, 0.6) is 0 Å². The minimum Gasteiger partial charge on any atom is -0.0911 e. The molecule has 0 N–H and O–H groups in total. The average molecular weight is 225 g/mol. The quantitative estimate of drug-likeness (QED) is 0.725. The lowest BCUT2D eigenvalue weighted by molar-refractivity contribution is 0.990. The first kappa shape index (κ1) is 9.53. The predicted molar refractivity (Wildman–Crippen MR) is 58.3 cm³/mol. The molecule has 0 spiro atoms. The van der Waals surface area contributed by atoms with Gasteiger partial charge in [-0.25, -0.2) is 0 Å². The van der Waals surface area contributed by atoms with Crippen LogP contribution in [-0.2, 0) is 0 Å². The lowest BCUT2D eigenvalue weighted by Gasteiger charge is -1.93. The predicted octanol–water partition coefficient (Wildman–Crippen LogP) is 2.44. The zero-order chi connectivity index (χ0) is 8.97. The van der Waals surface area contributed by atoms with E-state index in [1.54, 1.807) is 0 Å². The van der Waals surface area contributed by atoms with Gasteiger partial charge in [0.2, 0.25) is 0 Å². The zero-order valence-electron chi connectivity index (χ0n) is 7.31. The Morgan fingerprint density at radius 2 is 2.25 bits per heavy atom. The molecular formula is C11H13Br. The zero-order valence-corrected chi connectivity index (χ0v) is 8.89. The number of hydrogen-bond acceptors (Lipinski definition) is 0. The van der Waals surface area contributed by atoms with E-state index < -0.39 is 0 Å². The van der Waals surface area contributed by atoms with Crippen LogP contribution in [0.2, 0.25) is 0 Å². The van der Waals surface area contributed by atoms with Crippen LogP contribution in [0.1, 0.15) is 19.8 Å². The Morgan fingerprint density at radius 1 is 1.50 bits per heavy atom. The first-order valence-corrected chi connectivity index (χ1v) is 4.98. The monoisotopic (exact) mass is 224 g/mol. The summed E-state index contributed by atoms with van der Waals surface area (Å²) in [4.78, 5) is 0. The normalized spacial score (nSPS) is 12.0. The molecule has 0 aliphatic heterocycles. The highest BCUT2D eigenvalue weighted by Gasteiger charge is 1.88. The van der Waals surface area contributed by atoms with Crippen molar-refractivity contribution in [2.45, 2.75) is 19.8 Å². The second kappa shape index (κ2) is 4.46. The SMILES string of the molecule is C=c1cccc(Br)/c1=C/CCC. The highest BCUT2D eigenvalue weighted by atomic mass is 79.9. The second-order valence-corrected chi connectivity index (χ2v) is 3.66. The van der Waals surface area contributed by atoms with Gasteiger partial charge in [0, 0.05) is 4.47 Å². The Kier molecular flexibility index (Phi) is 3.54. The van der Waals surface area contributed by atoms with Gasteiger partial charge in [-0.15, -0.1) is 0 Å². The van der Waals surface area contributed by atoms with E-state index in [-0.39, 0.29) is 0 Å². The molecule has 0 bridgehead atoms. The molecule has 0 atom stereocenters.